The molecule has 4 rings (SSSR count). The molecule has 0 radical (unpaired) electrons. The SMILES string of the molecule is O=C(O)CCn1c(=O)c2cc3c(=O)n(C4CCCCC4)c(=O)c3cc2c1=O. The summed E-state index contributed by atoms with van der Waals surface area (Å²) in [4.78, 5) is 61.3. The van der Waals surface area contributed by atoms with E-state index in [-0.39, 0.29) is 40.6 Å². The van der Waals surface area contributed by atoms with Crippen molar-refractivity contribution >= 4 is 27.5 Å². The van der Waals surface area contributed by atoms with Crippen molar-refractivity contribution in [1.29, 1.82) is 0 Å². The van der Waals surface area contributed by atoms with Gasteiger partial charge in [-0.05, 0) is 25.0 Å². The van der Waals surface area contributed by atoms with E-state index in [4.69, 9.17) is 5.11 Å². The van der Waals surface area contributed by atoms with Crippen LogP contribution in [0.15, 0.2) is 31.3 Å². The van der Waals surface area contributed by atoms with Crippen LogP contribution in [-0.4, -0.2) is 20.2 Å². The van der Waals surface area contributed by atoms with Gasteiger partial charge in [0.15, 0.2) is 0 Å². The highest BCUT2D eigenvalue weighted by Gasteiger charge is 2.24. The predicted octanol–water partition coefficient (Wildman–Crippen LogP) is 0.892. The van der Waals surface area contributed by atoms with E-state index in [0.717, 1.165) is 36.7 Å². The molecule has 8 heteroatoms. The number of carboxylic acids is 1. The van der Waals surface area contributed by atoms with Crippen molar-refractivity contribution in [2.45, 2.75) is 51.1 Å². The van der Waals surface area contributed by atoms with E-state index in [1.54, 1.807) is 0 Å². The van der Waals surface area contributed by atoms with E-state index in [0.29, 0.717) is 0 Å². The Morgan fingerprint density at radius 2 is 1.33 bits per heavy atom. The van der Waals surface area contributed by atoms with E-state index in [1.165, 1.54) is 16.7 Å². The predicted molar refractivity (Wildman–Crippen MR) is 99.3 cm³/mol. The summed E-state index contributed by atoms with van der Waals surface area (Å²) in [5, 5.41) is 9.17. The van der Waals surface area contributed by atoms with Crippen LogP contribution >= 0.6 is 0 Å². The quantitative estimate of drug-likeness (QED) is 0.729. The summed E-state index contributed by atoms with van der Waals surface area (Å²) in [6, 6.07) is 2.49. The Morgan fingerprint density at radius 3 is 1.81 bits per heavy atom. The summed E-state index contributed by atoms with van der Waals surface area (Å²) in [5.41, 5.74) is -2.10. The summed E-state index contributed by atoms with van der Waals surface area (Å²) in [5.74, 6) is -1.12. The van der Waals surface area contributed by atoms with E-state index in [2.05, 4.69) is 0 Å². The van der Waals surface area contributed by atoms with Gasteiger partial charge >= 0.3 is 5.97 Å². The molecule has 0 unspecified atom stereocenters. The number of hydrogen-bond acceptors (Lipinski definition) is 5. The number of fused-ring (bicyclic) bond motifs is 2. The van der Waals surface area contributed by atoms with Gasteiger partial charge in [-0.1, -0.05) is 19.3 Å². The zero-order chi connectivity index (χ0) is 19.3. The topological polar surface area (TPSA) is 115 Å². The first kappa shape index (κ1) is 17.4. The van der Waals surface area contributed by atoms with Crippen molar-refractivity contribution in [2.75, 3.05) is 0 Å². The molecular weight excluding hydrogens is 352 g/mol. The first-order valence-corrected chi connectivity index (χ1v) is 9.04. The lowest BCUT2D eigenvalue weighted by Gasteiger charge is -2.21. The molecule has 1 N–H and O–H groups in total. The second-order valence-electron chi connectivity index (χ2n) is 7.12. The van der Waals surface area contributed by atoms with Crippen LogP contribution in [-0.2, 0) is 11.3 Å². The number of carbonyl (C=O) groups is 1. The van der Waals surface area contributed by atoms with Gasteiger partial charge < -0.3 is 5.11 Å². The van der Waals surface area contributed by atoms with Crippen molar-refractivity contribution < 1.29 is 9.90 Å². The van der Waals surface area contributed by atoms with Gasteiger partial charge in [-0.15, -0.1) is 0 Å². The molecule has 0 amide bonds. The van der Waals surface area contributed by atoms with Gasteiger partial charge in [0.25, 0.3) is 22.2 Å². The largest absolute Gasteiger partial charge is 0.481 e. The molecule has 3 aromatic rings. The lowest BCUT2D eigenvalue weighted by molar-refractivity contribution is -0.137. The summed E-state index contributed by atoms with van der Waals surface area (Å²) in [7, 11) is 0. The van der Waals surface area contributed by atoms with Gasteiger partial charge in [0.1, 0.15) is 0 Å². The fourth-order valence-corrected chi connectivity index (χ4v) is 4.12. The lowest BCUT2D eigenvalue weighted by Crippen LogP contribution is -2.31. The second kappa shape index (κ2) is 6.29. The highest BCUT2D eigenvalue weighted by Crippen LogP contribution is 2.27. The van der Waals surface area contributed by atoms with Gasteiger partial charge in [0, 0.05) is 12.6 Å². The summed E-state index contributed by atoms with van der Waals surface area (Å²) >= 11 is 0. The molecule has 8 nitrogen and oxygen atoms in total. The maximum absolute atomic E-state index is 12.8. The number of rotatable bonds is 4. The van der Waals surface area contributed by atoms with Crippen LogP contribution in [0.25, 0.3) is 21.5 Å². The van der Waals surface area contributed by atoms with Crippen molar-refractivity contribution in [2.24, 2.45) is 0 Å². The molecule has 1 fully saturated rings. The van der Waals surface area contributed by atoms with Gasteiger partial charge in [0.2, 0.25) is 0 Å². The number of hydrogen-bond donors (Lipinski definition) is 1. The molecule has 140 valence electrons. The lowest BCUT2D eigenvalue weighted by atomic mass is 9.95. The van der Waals surface area contributed by atoms with Crippen molar-refractivity contribution in [3.8, 4) is 0 Å². The minimum atomic E-state index is -1.12. The number of benzene rings is 1. The van der Waals surface area contributed by atoms with Gasteiger partial charge in [-0.2, -0.15) is 0 Å². The highest BCUT2D eigenvalue weighted by atomic mass is 16.4. The van der Waals surface area contributed by atoms with Crippen molar-refractivity contribution in [3.05, 3.63) is 53.5 Å². The summed E-state index contributed by atoms with van der Waals surface area (Å²) in [6.07, 6.45) is 4.19. The van der Waals surface area contributed by atoms with Gasteiger partial charge in [-0.25, -0.2) is 0 Å². The summed E-state index contributed by atoms with van der Waals surface area (Å²) < 4.78 is 2.12. The van der Waals surface area contributed by atoms with Crippen LogP contribution in [0.5, 0.6) is 0 Å². The van der Waals surface area contributed by atoms with Crippen LogP contribution < -0.4 is 22.2 Å². The fourth-order valence-electron chi connectivity index (χ4n) is 4.12. The Bertz CT molecular complexity index is 1190. The molecule has 0 atom stereocenters. The minimum Gasteiger partial charge on any atom is -0.481 e. The molecule has 0 bridgehead atoms. The molecule has 1 saturated carbocycles. The van der Waals surface area contributed by atoms with Crippen LogP contribution in [0.2, 0.25) is 0 Å². The molecule has 27 heavy (non-hydrogen) atoms. The Morgan fingerprint density at radius 1 is 0.852 bits per heavy atom. The molecule has 0 saturated heterocycles. The molecule has 1 aliphatic carbocycles. The van der Waals surface area contributed by atoms with Crippen molar-refractivity contribution in [1.82, 2.24) is 9.13 Å². The Balaban J connectivity index is 1.94. The van der Waals surface area contributed by atoms with Crippen LogP contribution in [0.1, 0.15) is 44.6 Å². The third-order valence-corrected chi connectivity index (χ3v) is 5.50. The molecule has 0 aliphatic heterocycles. The zero-order valence-corrected chi connectivity index (χ0v) is 14.6. The van der Waals surface area contributed by atoms with Crippen LogP contribution in [0.3, 0.4) is 0 Å². The van der Waals surface area contributed by atoms with Gasteiger partial charge in [-0.3, -0.25) is 33.1 Å². The fraction of sp³-hybridized carbons (Fsp3) is 0.421. The first-order valence-electron chi connectivity index (χ1n) is 9.04. The minimum absolute atomic E-state index is 0.0517. The monoisotopic (exact) mass is 370 g/mol. The maximum atomic E-state index is 12.8. The molecule has 0 spiro atoms. The Kier molecular flexibility index (Phi) is 4.05. The van der Waals surface area contributed by atoms with E-state index in [1.807, 2.05) is 0 Å². The van der Waals surface area contributed by atoms with E-state index in [9.17, 15) is 24.0 Å². The second-order valence-corrected chi connectivity index (χ2v) is 7.12. The third kappa shape index (κ3) is 2.63. The molecule has 1 aromatic carbocycles. The van der Waals surface area contributed by atoms with E-state index >= 15 is 0 Å². The normalized spacial score (nSPS) is 15.7. The molecule has 2 aromatic heterocycles. The first-order chi connectivity index (χ1) is 12.9. The average molecular weight is 370 g/mol. The number of aromatic nitrogens is 2. The molecular formula is C19H18N2O6. The number of carboxylic acid groups (broad SMARTS) is 1. The summed E-state index contributed by atoms with van der Waals surface area (Å²) in [6.45, 7) is -0.248. The smallest absolute Gasteiger partial charge is 0.305 e. The van der Waals surface area contributed by atoms with Crippen molar-refractivity contribution in [3.63, 3.8) is 0 Å². The van der Waals surface area contributed by atoms with E-state index < -0.39 is 28.2 Å². The molecule has 2 heterocycles. The number of aliphatic carboxylic acids is 1. The highest BCUT2D eigenvalue weighted by molar-refractivity contribution is 5.97. The van der Waals surface area contributed by atoms with Crippen LogP contribution in [0.4, 0.5) is 0 Å². The average Bonchev–Trinajstić information content (AvgIpc) is 3.04. The number of nitrogens with zero attached hydrogens (tertiary/aromatic N) is 2. The maximum Gasteiger partial charge on any atom is 0.305 e. The standard InChI is InChI=1S/C19H18N2O6/c22-15(23)6-7-20-16(24)11-8-13-14(9-12(11)17(20)25)19(27)21(18(13)26)10-4-2-1-3-5-10/h8-10H,1-7H2,(H,22,23). The third-order valence-electron chi connectivity index (χ3n) is 5.50. The molecule has 1 aliphatic rings. The van der Waals surface area contributed by atoms with Gasteiger partial charge in [0.05, 0.1) is 28.0 Å². The Labute approximate surface area is 152 Å². The Hall–Kier alpha value is -3.03. The van der Waals surface area contributed by atoms with Crippen LogP contribution in [0, 0.1) is 0 Å². The zero-order valence-electron chi connectivity index (χ0n) is 14.6.